The Kier molecular flexibility index (Phi) is 6.61. The first-order valence-corrected chi connectivity index (χ1v) is 8.39. The molecule has 0 bridgehead atoms. The Morgan fingerprint density at radius 1 is 1.21 bits per heavy atom. The van der Waals surface area contributed by atoms with Crippen molar-refractivity contribution in [2.75, 3.05) is 12.4 Å². The first-order chi connectivity index (χ1) is 11.5. The standard InChI is InChI=1S/C18H25NO5/c1-12(24-14-7-5-3-4-6-8-14)17(20)19-15-10-9-13(18(21)22)11-16(15)23-2/h9-12,14H,3-8H2,1-2H3,(H,19,20)(H,21,22). The van der Waals surface area contributed by atoms with E-state index in [1.165, 1.54) is 38.2 Å². The number of benzene rings is 1. The fourth-order valence-corrected chi connectivity index (χ4v) is 2.89. The van der Waals surface area contributed by atoms with Crippen molar-refractivity contribution in [3.05, 3.63) is 23.8 Å². The van der Waals surface area contributed by atoms with E-state index in [2.05, 4.69) is 5.32 Å². The summed E-state index contributed by atoms with van der Waals surface area (Å²) < 4.78 is 11.1. The number of rotatable bonds is 6. The number of methoxy groups -OCH3 is 1. The van der Waals surface area contributed by atoms with Crippen molar-refractivity contribution in [3.8, 4) is 5.75 Å². The molecule has 0 aromatic heterocycles. The lowest BCUT2D eigenvalue weighted by Gasteiger charge is -2.21. The molecule has 0 heterocycles. The van der Waals surface area contributed by atoms with Crippen molar-refractivity contribution < 1.29 is 24.2 Å². The normalized spacial score (nSPS) is 16.9. The molecular weight excluding hydrogens is 310 g/mol. The van der Waals surface area contributed by atoms with Crippen LogP contribution in [-0.2, 0) is 9.53 Å². The van der Waals surface area contributed by atoms with Gasteiger partial charge in [-0.3, -0.25) is 4.79 Å². The van der Waals surface area contributed by atoms with Crippen LogP contribution in [0.5, 0.6) is 5.75 Å². The van der Waals surface area contributed by atoms with Crippen molar-refractivity contribution >= 4 is 17.6 Å². The van der Waals surface area contributed by atoms with Gasteiger partial charge in [0.2, 0.25) is 0 Å². The van der Waals surface area contributed by atoms with E-state index in [1.807, 2.05) is 0 Å². The minimum Gasteiger partial charge on any atom is -0.495 e. The summed E-state index contributed by atoms with van der Waals surface area (Å²) in [6.45, 7) is 1.73. The lowest BCUT2D eigenvalue weighted by molar-refractivity contribution is -0.130. The van der Waals surface area contributed by atoms with Gasteiger partial charge in [0.15, 0.2) is 0 Å². The molecule has 2 N–H and O–H groups in total. The Hall–Kier alpha value is -2.08. The minimum atomic E-state index is -1.05. The van der Waals surface area contributed by atoms with Gasteiger partial charge in [-0.2, -0.15) is 0 Å². The van der Waals surface area contributed by atoms with E-state index in [1.54, 1.807) is 6.92 Å². The average Bonchev–Trinajstić information content (AvgIpc) is 2.83. The second kappa shape index (κ2) is 8.68. The van der Waals surface area contributed by atoms with Crippen molar-refractivity contribution in [1.29, 1.82) is 0 Å². The molecule has 0 radical (unpaired) electrons. The Morgan fingerprint density at radius 3 is 2.46 bits per heavy atom. The molecule has 1 aromatic carbocycles. The van der Waals surface area contributed by atoms with Crippen molar-refractivity contribution in [2.24, 2.45) is 0 Å². The summed E-state index contributed by atoms with van der Waals surface area (Å²) in [6, 6.07) is 4.34. The minimum absolute atomic E-state index is 0.104. The van der Waals surface area contributed by atoms with Crippen LogP contribution in [-0.4, -0.2) is 36.3 Å². The maximum absolute atomic E-state index is 12.4. The molecular formula is C18H25NO5. The van der Waals surface area contributed by atoms with Crippen LogP contribution in [0.2, 0.25) is 0 Å². The largest absolute Gasteiger partial charge is 0.495 e. The van der Waals surface area contributed by atoms with Crippen LogP contribution in [0.25, 0.3) is 0 Å². The van der Waals surface area contributed by atoms with E-state index in [9.17, 15) is 9.59 Å². The molecule has 132 valence electrons. The number of nitrogens with one attached hydrogen (secondary N) is 1. The van der Waals surface area contributed by atoms with Crippen molar-refractivity contribution in [2.45, 2.75) is 57.7 Å². The number of carbonyl (C=O) groups is 2. The maximum Gasteiger partial charge on any atom is 0.335 e. The van der Waals surface area contributed by atoms with Crippen LogP contribution in [0.3, 0.4) is 0 Å². The fourth-order valence-electron chi connectivity index (χ4n) is 2.89. The lowest BCUT2D eigenvalue weighted by atomic mass is 10.1. The maximum atomic E-state index is 12.4. The van der Waals surface area contributed by atoms with Crippen molar-refractivity contribution in [3.63, 3.8) is 0 Å². The molecule has 1 aliphatic rings. The summed E-state index contributed by atoms with van der Waals surface area (Å²) in [7, 11) is 1.43. The molecule has 1 aliphatic carbocycles. The number of aromatic carboxylic acids is 1. The number of carboxylic acids is 1. The van der Waals surface area contributed by atoms with Gasteiger partial charge in [-0.05, 0) is 38.0 Å². The molecule has 1 unspecified atom stereocenters. The number of carboxylic acid groups (broad SMARTS) is 1. The average molecular weight is 335 g/mol. The topological polar surface area (TPSA) is 84.9 Å². The zero-order valence-corrected chi connectivity index (χ0v) is 14.2. The van der Waals surface area contributed by atoms with Crippen LogP contribution in [0.4, 0.5) is 5.69 Å². The monoisotopic (exact) mass is 335 g/mol. The molecule has 6 heteroatoms. The Labute approximate surface area is 142 Å². The van der Waals surface area contributed by atoms with Gasteiger partial charge in [-0.25, -0.2) is 4.79 Å². The molecule has 2 rings (SSSR count). The Morgan fingerprint density at radius 2 is 1.88 bits per heavy atom. The van der Waals surface area contributed by atoms with E-state index in [0.717, 1.165) is 25.7 Å². The van der Waals surface area contributed by atoms with Crippen LogP contribution in [0, 0.1) is 0 Å². The fraction of sp³-hybridized carbons (Fsp3) is 0.556. The van der Waals surface area contributed by atoms with E-state index in [-0.39, 0.29) is 17.6 Å². The van der Waals surface area contributed by atoms with Gasteiger partial charge in [0.05, 0.1) is 24.5 Å². The predicted molar refractivity (Wildman–Crippen MR) is 90.6 cm³/mol. The van der Waals surface area contributed by atoms with Gasteiger partial charge < -0.3 is 19.9 Å². The number of amides is 1. The van der Waals surface area contributed by atoms with E-state index in [4.69, 9.17) is 14.6 Å². The van der Waals surface area contributed by atoms with E-state index < -0.39 is 12.1 Å². The second-order valence-corrected chi connectivity index (χ2v) is 6.10. The summed E-state index contributed by atoms with van der Waals surface area (Å²) in [5, 5.41) is 11.8. The molecule has 0 spiro atoms. The Bertz CT molecular complexity index is 579. The number of carbonyl (C=O) groups excluding carboxylic acids is 1. The quantitative estimate of drug-likeness (QED) is 0.778. The van der Waals surface area contributed by atoms with Crippen LogP contribution >= 0.6 is 0 Å². The molecule has 6 nitrogen and oxygen atoms in total. The third kappa shape index (κ3) is 4.96. The van der Waals surface area contributed by atoms with Gasteiger partial charge in [0.25, 0.3) is 5.91 Å². The third-order valence-corrected chi connectivity index (χ3v) is 4.27. The molecule has 0 saturated heterocycles. The molecule has 1 aromatic rings. The molecule has 24 heavy (non-hydrogen) atoms. The Balaban J connectivity index is 1.98. The molecule has 1 atom stereocenters. The lowest BCUT2D eigenvalue weighted by Crippen LogP contribution is -2.31. The van der Waals surface area contributed by atoms with E-state index >= 15 is 0 Å². The first kappa shape index (κ1) is 18.3. The number of hydrogen-bond donors (Lipinski definition) is 2. The van der Waals surface area contributed by atoms with Crippen molar-refractivity contribution in [1.82, 2.24) is 0 Å². The highest BCUT2D eigenvalue weighted by Gasteiger charge is 2.21. The molecule has 1 amide bonds. The summed E-state index contributed by atoms with van der Waals surface area (Å²) in [5.74, 6) is -0.998. The van der Waals surface area contributed by atoms with Gasteiger partial charge in [0.1, 0.15) is 11.9 Å². The molecule has 1 saturated carbocycles. The SMILES string of the molecule is COc1cc(C(=O)O)ccc1NC(=O)C(C)OC1CCCCCC1. The number of anilines is 1. The predicted octanol–water partition coefficient (Wildman–Crippen LogP) is 3.46. The van der Waals surface area contributed by atoms with Crippen LogP contribution in [0.1, 0.15) is 55.8 Å². The molecule has 0 aliphatic heterocycles. The van der Waals surface area contributed by atoms with E-state index in [0.29, 0.717) is 11.4 Å². The van der Waals surface area contributed by atoms with Crippen LogP contribution < -0.4 is 10.1 Å². The zero-order chi connectivity index (χ0) is 17.5. The van der Waals surface area contributed by atoms with Gasteiger partial charge >= 0.3 is 5.97 Å². The second-order valence-electron chi connectivity index (χ2n) is 6.10. The zero-order valence-electron chi connectivity index (χ0n) is 14.2. The highest BCUT2D eigenvalue weighted by Crippen LogP contribution is 2.26. The first-order valence-electron chi connectivity index (χ1n) is 8.39. The third-order valence-electron chi connectivity index (χ3n) is 4.27. The van der Waals surface area contributed by atoms with Gasteiger partial charge in [-0.15, -0.1) is 0 Å². The van der Waals surface area contributed by atoms with Crippen LogP contribution in [0.15, 0.2) is 18.2 Å². The summed E-state index contributed by atoms with van der Waals surface area (Å²) >= 11 is 0. The number of hydrogen-bond acceptors (Lipinski definition) is 4. The summed E-state index contributed by atoms with van der Waals surface area (Å²) in [6.07, 6.45) is 6.29. The molecule has 1 fully saturated rings. The highest BCUT2D eigenvalue weighted by atomic mass is 16.5. The summed E-state index contributed by atoms with van der Waals surface area (Å²) in [5.41, 5.74) is 0.538. The van der Waals surface area contributed by atoms with Gasteiger partial charge in [0, 0.05) is 0 Å². The summed E-state index contributed by atoms with van der Waals surface area (Å²) in [4.78, 5) is 23.3. The van der Waals surface area contributed by atoms with Gasteiger partial charge in [-0.1, -0.05) is 25.7 Å². The highest BCUT2D eigenvalue weighted by molar-refractivity contribution is 5.96. The number of ether oxygens (including phenoxy) is 2. The smallest absolute Gasteiger partial charge is 0.335 e.